The second-order valence-corrected chi connectivity index (χ2v) is 7.34. The van der Waals surface area contributed by atoms with Gasteiger partial charge in [-0.25, -0.2) is 0 Å². The fourth-order valence-corrected chi connectivity index (χ4v) is 3.41. The van der Waals surface area contributed by atoms with Crippen LogP contribution in [0.25, 0.3) is 0 Å². The zero-order valence-electron chi connectivity index (χ0n) is 15.3. The quantitative estimate of drug-likeness (QED) is 0.660. The van der Waals surface area contributed by atoms with Crippen LogP contribution in [-0.2, 0) is 0 Å². The molecule has 0 saturated carbocycles. The highest BCUT2D eigenvalue weighted by atomic mass is 16.6. The van der Waals surface area contributed by atoms with Crippen molar-refractivity contribution in [2.24, 2.45) is 0 Å². The second kappa shape index (κ2) is 6.44. The van der Waals surface area contributed by atoms with Crippen LogP contribution in [0.15, 0.2) is 36.4 Å². The largest absolute Gasteiger partial charge is 0.487 e. The summed E-state index contributed by atoms with van der Waals surface area (Å²) in [7, 11) is 0. The van der Waals surface area contributed by atoms with E-state index in [0.29, 0.717) is 17.5 Å². The topological polar surface area (TPSA) is 81.5 Å². The standard InChI is InChI=1S/C20H22N2O4/c1-12-8-9-18-15(10-12)16(11-20(3,4)26-18)21-19(23)14-6-5-7-17(13(14)2)22(24)25/h5-10,16H,11H2,1-4H3,(H,21,23)/t16-/m1/s1. The molecular formula is C20H22N2O4. The lowest BCUT2D eigenvalue weighted by Gasteiger charge is -2.38. The lowest BCUT2D eigenvalue weighted by molar-refractivity contribution is -0.385. The summed E-state index contributed by atoms with van der Waals surface area (Å²) in [6, 6.07) is 10.2. The van der Waals surface area contributed by atoms with Gasteiger partial charge in [0.05, 0.1) is 11.0 Å². The smallest absolute Gasteiger partial charge is 0.273 e. The van der Waals surface area contributed by atoms with Crippen molar-refractivity contribution in [3.63, 3.8) is 0 Å². The number of hydrogen-bond acceptors (Lipinski definition) is 4. The first-order valence-electron chi connectivity index (χ1n) is 8.52. The number of aryl methyl sites for hydroxylation is 1. The average Bonchev–Trinajstić information content (AvgIpc) is 2.54. The zero-order chi connectivity index (χ0) is 19.1. The summed E-state index contributed by atoms with van der Waals surface area (Å²) in [5.41, 5.74) is 2.22. The normalized spacial score (nSPS) is 17.8. The van der Waals surface area contributed by atoms with Gasteiger partial charge in [0.2, 0.25) is 0 Å². The number of ether oxygens (including phenoxy) is 1. The van der Waals surface area contributed by atoms with E-state index >= 15 is 0 Å². The minimum Gasteiger partial charge on any atom is -0.487 e. The van der Waals surface area contributed by atoms with Crippen LogP contribution in [0.3, 0.4) is 0 Å². The summed E-state index contributed by atoms with van der Waals surface area (Å²) in [4.78, 5) is 23.5. The van der Waals surface area contributed by atoms with Crippen molar-refractivity contribution in [3.05, 3.63) is 68.8 Å². The van der Waals surface area contributed by atoms with E-state index in [1.165, 1.54) is 12.1 Å². The average molecular weight is 354 g/mol. The van der Waals surface area contributed by atoms with Crippen LogP contribution in [-0.4, -0.2) is 16.4 Å². The molecule has 0 spiro atoms. The number of amides is 1. The van der Waals surface area contributed by atoms with Gasteiger partial charge in [-0.3, -0.25) is 14.9 Å². The molecule has 1 N–H and O–H groups in total. The molecule has 3 rings (SSSR count). The van der Waals surface area contributed by atoms with Crippen LogP contribution in [0.4, 0.5) is 5.69 Å². The zero-order valence-corrected chi connectivity index (χ0v) is 15.3. The molecule has 0 fully saturated rings. The summed E-state index contributed by atoms with van der Waals surface area (Å²) in [5.74, 6) is 0.439. The Hall–Kier alpha value is -2.89. The summed E-state index contributed by atoms with van der Waals surface area (Å²) in [6.45, 7) is 7.55. The van der Waals surface area contributed by atoms with E-state index in [1.54, 1.807) is 13.0 Å². The lowest BCUT2D eigenvalue weighted by Crippen LogP contribution is -2.41. The first kappa shape index (κ1) is 17.9. The van der Waals surface area contributed by atoms with Crippen LogP contribution in [0.5, 0.6) is 5.75 Å². The third-order valence-corrected chi connectivity index (χ3v) is 4.67. The Morgan fingerprint density at radius 2 is 2.00 bits per heavy atom. The Bertz CT molecular complexity index is 889. The molecule has 0 aromatic heterocycles. The minimum absolute atomic E-state index is 0.0544. The van der Waals surface area contributed by atoms with Crippen LogP contribution >= 0.6 is 0 Å². The number of benzene rings is 2. The SMILES string of the molecule is Cc1ccc2c(c1)[C@H](NC(=O)c1cccc([N+](=O)[O-])c1C)CC(C)(C)O2. The highest BCUT2D eigenvalue weighted by Crippen LogP contribution is 2.40. The molecule has 1 heterocycles. The van der Waals surface area contributed by atoms with Crippen LogP contribution in [0, 0.1) is 24.0 Å². The Kier molecular flexibility index (Phi) is 4.44. The molecule has 0 aliphatic carbocycles. The van der Waals surface area contributed by atoms with Crippen molar-refractivity contribution in [2.45, 2.75) is 45.8 Å². The van der Waals surface area contributed by atoms with E-state index in [-0.39, 0.29) is 17.6 Å². The van der Waals surface area contributed by atoms with E-state index in [9.17, 15) is 14.9 Å². The Morgan fingerprint density at radius 1 is 1.27 bits per heavy atom. The van der Waals surface area contributed by atoms with E-state index in [2.05, 4.69) is 5.32 Å². The van der Waals surface area contributed by atoms with Crippen molar-refractivity contribution in [3.8, 4) is 5.75 Å². The molecule has 2 aromatic rings. The van der Waals surface area contributed by atoms with Gasteiger partial charge in [0.25, 0.3) is 11.6 Å². The van der Waals surface area contributed by atoms with Gasteiger partial charge in [-0.15, -0.1) is 0 Å². The van der Waals surface area contributed by atoms with Gasteiger partial charge in [-0.05, 0) is 39.8 Å². The van der Waals surface area contributed by atoms with Gasteiger partial charge in [0.1, 0.15) is 11.4 Å². The molecule has 6 heteroatoms. The maximum Gasteiger partial charge on any atom is 0.273 e. The van der Waals surface area contributed by atoms with E-state index < -0.39 is 10.5 Å². The van der Waals surface area contributed by atoms with Crippen molar-refractivity contribution in [2.75, 3.05) is 0 Å². The van der Waals surface area contributed by atoms with Gasteiger partial charge in [0, 0.05) is 29.2 Å². The third kappa shape index (κ3) is 3.40. The predicted octanol–water partition coefficient (Wildman–Crippen LogP) is 4.24. The van der Waals surface area contributed by atoms with Crippen LogP contribution in [0.2, 0.25) is 0 Å². The Morgan fingerprint density at radius 3 is 2.69 bits per heavy atom. The Balaban J connectivity index is 1.94. The van der Waals surface area contributed by atoms with Gasteiger partial charge >= 0.3 is 0 Å². The molecule has 1 aliphatic rings. The monoisotopic (exact) mass is 354 g/mol. The molecule has 0 bridgehead atoms. The molecule has 0 radical (unpaired) electrons. The number of carbonyl (C=O) groups excluding carboxylic acids is 1. The Labute approximate surface area is 152 Å². The number of nitro benzene ring substituents is 1. The van der Waals surface area contributed by atoms with Crippen molar-refractivity contribution < 1.29 is 14.5 Å². The van der Waals surface area contributed by atoms with E-state index in [4.69, 9.17) is 4.74 Å². The maximum absolute atomic E-state index is 12.8. The summed E-state index contributed by atoms with van der Waals surface area (Å²) >= 11 is 0. The molecule has 1 atom stereocenters. The van der Waals surface area contributed by atoms with Crippen molar-refractivity contribution >= 4 is 11.6 Å². The predicted molar refractivity (Wildman–Crippen MR) is 98.5 cm³/mol. The highest BCUT2D eigenvalue weighted by molar-refractivity contribution is 5.96. The molecular weight excluding hydrogens is 332 g/mol. The molecule has 0 saturated heterocycles. The summed E-state index contributed by atoms with van der Waals surface area (Å²) in [5, 5.41) is 14.2. The van der Waals surface area contributed by atoms with Crippen molar-refractivity contribution in [1.82, 2.24) is 5.32 Å². The van der Waals surface area contributed by atoms with Gasteiger partial charge in [-0.2, -0.15) is 0 Å². The third-order valence-electron chi connectivity index (χ3n) is 4.67. The summed E-state index contributed by atoms with van der Waals surface area (Å²) in [6.07, 6.45) is 0.614. The number of hydrogen-bond donors (Lipinski definition) is 1. The summed E-state index contributed by atoms with van der Waals surface area (Å²) < 4.78 is 6.03. The fourth-order valence-electron chi connectivity index (χ4n) is 3.41. The second-order valence-electron chi connectivity index (χ2n) is 7.34. The molecule has 26 heavy (non-hydrogen) atoms. The maximum atomic E-state index is 12.8. The van der Waals surface area contributed by atoms with Gasteiger partial charge in [-0.1, -0.05) is 23.8 Å². The van der Waals surface area contributed by atoms with Crippen LogP contribution < -0.4 is 10.1 Å². The number of rotatable bonds is 3. The van der Waals surface area contributed by atoms with Crippen molar-refractivity contribution in [1.29, 1.82) is 0 Å². The molecule has 136 valence electrons. The number of fused-ring (bicyclic) bond motifs is 1. The van der Waals surface area contributed by atoms with Gasteiger partial charge < -0.3 is 10.1 Å². The van der Waals surface area contributed by atoms with E-state index in [1.807, 2.05) is 39.0 Å². The highest BCUT2D eigenvalue weighted by Gasteiger charge is 2.35. The van der Waals surface area contributed by atoms with Gasteiger partial charge in [0.15, 0.2) is 0 Å². The molecule has 1 amide bonds. The first-order valence-corrected chi connectivity index (χ1v) is 8.52. The number of nitrogens with zero attached hydrogens (tertiary/aromatic N) is 1. The van der Waals surface area contributed by atoms with E-state index in [0.717, 1.165) is 16.9 Å². The number of nitrogens with one attached hydrogen (secondary N) is 1. The number of carbonyl (C=O) groups is 1. The minimum atomic E-state index is -0.470. The number of nitro groups is 1. The molecule has 2 aromatic carbocycles. The molecule has 6 nitrogen and oxygen atoms in total. The molecule has 1 aliphatic heterocycles. The van der Waals surface area contributed by atoms with Crippen LogP contribution in [0.1, 0.15) is 53.4 Å². The lowest BCUT2D eigenvalue weighted by atomic mass is 9.88. The fraction of sp³-hybridized carbons (Fsp3) is 0.350. The first-order chi connectivity index (χ1) is 12.2. The molecule has 0 unspecified atom stereocenters.